The maximum absolute atomic E-state index is 11.8. The SMILES string of the molecule is CCOC(=O)c1cc(NC(C)C(CC)CC)ccc1N. The third-order valence-electron chi connectivity index (χ3n) is 3.70. The fraction of sp³-hybridized carbons (Fsp3) is 0.562. The van der Waals surface area contributed by atoms with Gasteiger partial charge in [-0.05, 0) is 38.0 Å². The molecule has 0 fully saturated rings. The van der Waals surface area contributed by atoms with Crippen LogP contribution in [-0.2, 0) is 4.74 Å². The summed E-state index contributed by atoms with van der Waals surface area (Å²) in [6.45, 7) is 8.68. The quantitative estimate of drug-likeness (QED) is 0.590. The molecule has 112 valence electrons. The van der Waals surface area contributed by atoms with E-state index in [1.807, 2.05) is 6.07 Å². The highest BCUT2D eigenvalue weighted by Gasteiger charge is 2.15. The van der Waals surface area contributed by atoms with Crippen LogP contribution in [0, 0.1) is 5.92 Å². The molecule has 0 amide bonds. The summed E-state index contributed by atoms with van der Waals surface area (Å²) in [6, 6.07) is 5.76. The van der Waals surface area contributed by atoms with Crippen molar-refractivity contribution >= 4 is 17.3 Å². The van der Waals surface area contributed by atoms with Gasteiger partial charge in [-0.1, -0.05) is 26.7 Å². The van der Waals surface area contributed by atoms with E-state index in [0.29, 0.717) is 29.8 Å². The van der Waals surface area contributed by atoms with Gasteiger partial charge in [-0.2, -0.15) is 0 Å². The first kappa shape index (κ1) is 16.3. The van der Waals surface area contributed by atoms with Crippen molar-refractivity contribution < 1.29 is 9.53 Å². The van der Waals surface area contributed by atoms with Crippen LogP contribution in [0.3, 0.4) is 0 Å². The number of carbonyl (C=O) groups excluding carboxylic acids is 1. The van der Waals surface area contributed by atoms with E-state index in [1.54, 1.807) is 19.1 Å². The molecule has 0 aliphatic rings. The maximum atomic E-state index is 11.8. The van der Waals surface area contributed by atoms with Gasteiger partial charge in [0.2, 0.25) is 0 Å². The summed E-state index contributed by atoms with van der Waals surface area (Å²) in [5.74, 6) is 0.238. The fourth-order valence-corrected chi connectivity index (χ4v) is 2.41. The van der Waals surface area contributed by atoms with Crippen LogP contribution < -0.4 is 11.1 Å². The van der Waals surface area contributed by atoms with Gasteiger partial charge < -0.3 is 15.8 Å². The van der Waals surface area contributed by atoms with E-state index in [0.717, 1.165) is 18.5 Å². The van der Waals surface area contributed by atoms with Crippen LogP contribution in [0.25, 0.3) is 0 Å². The van der Waals surface area contributed by atoms with E-state index in [2.05, 4.69) is 26.1 Å². The molecule has 1 aromatic carbocycles. The Balaban J connectivity index is 2.87. The van der Waals surface area contributed by atoms with Crippen LogP contribution in [0.4, 0.5) is 11.4 Å². The van der Waals surface area contributed by atoms with Crippen molar-refractivity contribution in [2.75, 3.05) is 17.7 Å². The lowest BCUT2D eigenvalue weighted by molar-refractivity contribution is 0.0527. The van der Waals surface area contributed by atoms with Gasteiger partial charge in [0, 0.05) is 17.4 Å². The third-order valence-corrected chi connectivity index (χ3v) is 3.70. The summed E-state index contributed by atoms with van der Waals surface area (Å²) in [5.41, 5.74) is 7.61. The third kappa shape index (κ3) is 4.15. The zero-order valence-corrected chi connectivity index (χ0v) is 12.9. The number of benzene rings is 1. The number of hydrogen-bond acceptors (Lipinski definition) is 4. The van der Waals surface area contributed by atoms with Gasteiger partial charge >= 0.3 is 5.97 Å². The van der Waals surface area contributed by atoms with Gasteiger partial charge in [-0.15, -0.1) is 0 Å². The molecule has 4 heteroatoms. The topological polar surface area (TPSA) is 64.3 Å². The fourth-order valence-electron chi connectivity index (χ4n) is 2.41. The van der Waals surface area contributed by atoms with Gasteiger partial charge in [0.05, 0.1) is 12.2 Å². The second kappa shape index (κ2) is 7.78. The first-order valence-electron chi connectivity index (χ1n) is 7.36. The van der Waals surface area contributed by atoms with Crippen molar-refractivity contribution in [1.82, 2.24) is 0 Å². The first-order chi connectivity index (χ1) is 9.53. The van der Waals surface area contributed by atoms with E-state index in [-0.39, 0.29) is 5.97 Å². The maximum Gasteiger partial charge on any atom is 0.340 e. The molecule has 0 aromatic heterocycles. The predicted molar refractivity (Wildman–Crippen MR) is 84.0 cm³/mol. The molecule has 20 heavy (non-hydrogen) atoms. The van der Waals surface area contributed by atoms with Gasteiger partial charge in [0.25, 0.3) is 0 Å². The molecule has 0 saturated heterocycles. The van der Waals surface area contributed by atoms with Crippen LogP contribution in [0.2, 0.25) is 0 Å². The monoisotopic (exact) mass is 278 g/mol. The van der Waals surface area contributed by atoms with E-state index >= 15 is 0 Å². The smallest absolute Gasteiger partial charge is 0.340 e. The Hall–Kier alpha value is -1.71. The highest BCUT2D eigenvalue weighted by atomic mass is 16.5. The van der Waals surface area contributed by atoms with E-state index in [4.69, 9.17) is 10.5 Å². The van der Waals surface area contributed by atoms with Crippen molar-refractivity contribution in [2.45, 2.75) is 46.6 Å². The zero-order chi connectivity index (χ0) is 15.1. The first-order valence-corrected chi connectivity index (χ1v) is 7.36. The lowest BCUT2D eigenvalue weighted by atomic mass is 9.95. The van der Waals surface area contributed by atoms with Crippen LogP contribution in [0.1, 0.15) is 50.9 Å². The van der Waals surface area contributed by atoms with E-state index in [1.165, 1.54) is 0 Å². The average Bonchev–Trinajstić information content (AvgIpc) is 2.42. The van der Waals surface area contributed by atoms with Crippen molar-refractivity contribution in [3.05, 3.63) is 23.8 Å². The number of nitrogens with two attached hydrogens (primary N) is 1. The Morgan fingerprint density at radius 2 is 1.95 bits per heavy atom. The lowest BCUT2D eigenvalue weighted by Gasteiger charge is -2.24. The number of esters is 1. The van der Waals surface area contributed by atoms with Crippen LogP contribution >= 0.6 is 0 Å². The zero-order valence-electron chi connectivity index (χ0n) is 12.9. The molecule has 0 saturated carbocycles. The molecule has 3 N–H and O–H groups in total. The normalized spacial score (nSPS) is 12.2. The highest BCUT2D eigenvalue weighted by molar-refractivity contribution is 5.96. The summed E-state index contributed by atoms with van der Waals surface area (Å²) in [5, 5.41) is 3.45. The number of nitrogen functional groups attached to an aromatic ring is 1. The van der Waals surface area contributed by atoms with Gasteiger partial charge in [0.15, 0.2) is 0 Å². The lowest BCUT2D eigenvalue weighted by Crippen LogP contribution is -2.25. The summed E-state index contributed by atoms with van der Waals surface area (Å²) < 4.78 is 5.01. The minimum atomic E-state index is -0.371. The molecule has 0 heterocycles. The number of carbonyl (C=O) groups is 1. The molecule has 0 aliphatic carbocycles. The van der Waals surface area contributed by atoms with Crippen LogP contribution in [0.5, 0.6) is 0 Å². The van der Waals surface area contributed by atoms with Gasteiger partial charge in [0.1, 0.15) is 0 Å². The van der Waals surface area contributed by atoms with E-state index in [9.17, 15) is 4.79 Å². The molecule has 1 rings (SSSR count). The minimum absolute atomic E-state index is 0.347. The van der Waals surface area contributed by atoms with Crippen LogP contribution in [-0.4, -0.2) is 18.6 Å². The summed E-state index contributed by atoms with van der Waals surface area (Å²) in [7, 11) is 0. The Bertz CT molecular complexity index is 442. The Labute approximate surface area is 121 Å². The molecular formula is C16H26N2O2. The van der Waals surface area contributed by atoms with Crippen LogP contribution in [0.15, 0.2) is 18.2 Å². The van der Waals surface area contributed by atoms with Crippen molar-refractivity contribution in [3.8, 4) is 0 Å². The van der Waals surface area contributed by atoms with Crippen molar-refractivity contribution in [2.24, 2.45) is 5.92 Å². The number of anilines is 2. The molecule has 1 unspecified atom stereocenters. The van der Waals surface area contributed by atoms with Gasteiger partial charge in [-0.3, -0.25) is 0 Å². The highest BCUT2D eigenvalue weighted by Crippen LogP contribution is 2.22. The predicted octanol–water partition coefficient (Wildman–Crippen LogP) is 3.68. The summed E-state index contributed by atoms with van der Waals surface area (Å²) >= 11 is 0. The molecule has 1 atom stereocenters. The van der Waals surface area contributed by atoms with E-state index < -0.39 is 0 Å². The molecule has 0 aliphatic heterocycles. The average molecular weight is 278 g/mol. The Morgan fingerprint density at radius 3 is 2.50 bits per heavy atom. The molecule has 0 bridgehead atoms. The minimum Gasteiger partial charge on any atom is -0.462 e. The summed E-state index contributed by atoms with van der Waals surface area (Å²) in [6.07, 6.45) is 2.26. The molecule has 4 nitrogen and oxygen atoms in total. The molecule has 0 spiro atoms. The van der Waals surface area contributed by atoms with Crippen molar-refractivity contribution in [1.29, 1.82) is 0 Å². The standard InChI is InChI=1S/C16H26N2O2/c1-5-12(6-2)11(4)18-13-8-9-15(17)14(10-13)16(19)20-7-3/h8-12,18H,5-7,17H2,1-4H3. The summed E-state index contributed by atoms with van der Waals surface area (Å²) in [4.78, 5) is 11.8. The Morgan fingerprint density at radius 1 is 1.30 bits per heavy atom. The van der Waals surface area contributed by atoms with Crippen molar-refractivity contribution in [3.63, 3.8) is 0 Å². The second-order valence-corrected chi connectivity index (χ2v) is 5.03. The number of hydrogen-bond donors (Lipinski definition) is 2. The molecular weight excluding hydrogens is 252 g/mol. The number of ether oxygens (including phenoxy) is 1. The van der Waals surface area contributed by atoms with Gasteiger partial charge in [-0.25, -0.2) is 4.79 Å². The number of nitrogens with one attached hydrogen (secondary N) is 1. The Kier molecular flexibility index (Phi) is 6.36. The largest absolute Gasteiger partial charge is 0.462 e. The molecule has 0 radical (unpaired) electrons. The molecule has 1 aromatic rings. The second-order valence-electron chi connectivity index (χ2n) is 5.03. The number of rotatable bonds is 7.